The molecule has 1 aliphatic rings. The van der Waals surface area contributed by atoms with Crippen molar-refractivity contribution in [3.05, 3.63) is 59.5 Å². The Morgan fingerprint density at radius 1 is 1.36 bits per heavy atom. The second kappa shape index (κ2) is 8.60. The predicted molar refractivity (Wildman–Crippen MR) is 94.3 cm³/mol. The third-order valence-electron chi connectivity index (χ3n) is 3.65. The van der Waals surface area contributed by atoms with Crippen molar-refractivity contribution < 1.29 is 14.3 Å². The molecule has 0 spiro atoms. The van der Waals surface area contributed by atoms with E-state index in [9.17, 15) is 4.79 Å². The van der Waals surface area contributed by atoms with Crippen LogP contribution in [-0.2, 0) is 9.53 Å². The van der Waals surface area contributed by atoms with E-state index in [-0.39, 0.29) is 12.0 Å². The lowest BCUT2D eigenvalue weighted by atomic mass is 10.2. The summed E-state index contributed by atoms with van der Waals surface area (Å²) in [6.07, 6.45) is 6.26. The molecule has 6 nitrogen and oxygen atoms in total. The van der Waals surface area contributed by atoms with Crippen LogP contribution in [0.1, 0.15) is 5.69 Å². The summed E-state index contributed by atoms with van der Waals surface area (Å²) in [5.74, 6) is 0.412. The van der Waals surface area contributed by atoms with Crippen molar-refractivity contribution in [1.29, 1.82) is 0 Å². The van der Waals surface area contributed by atoms with Gasteiger partial charge in [-0.05, 0) is 24.3 Å². The van der Waals surface area contributed by atoms with Gasteiger partial charge in [0.15, 0.2) is 0 Å². The van der Waals surface area contributed by atoms with Gasteiger partial charge < -0.3 is 14.4 Å². The van der Waals surface area contributed by atoms with Crippen LogP contribution in [-0.4, -0.2) is 53.2 Å². The van der Waals surface area contributed by atoms with Gasteiger partial charge in [-0.15, -0.1) is 0 Å². The lowest BCUT2D eigenvalue weighted by Gasteiger charge is -2.32. The van der Waals surface area contributed by atoms with Gasteiger partial charge in [-0.3, -0.25) is 9.78 Å². The summed E-state index contributed by atoms with van der Waals surface area (Å²) in [4.78, 5) is 22.3. The molecule has 0 N–H and O–H groups in total. The number of pyridine rings is 2. The van der Waals surface area contributed by atoms with Crippen LogP contribution in [0, 0.1) is 0 Å². The Balaban J connectivity index is 1.51. The van der Waals surface area contributed by atoms with E-state index in [1.165, 1.54) is 12.3 Å². The number of ether oxygens (including phenoxy) is 2. The summed E-state index contributed by atoms with van der Waals surface area (Å²) >= 11 is 5.79. The van der Waals surface area contributed by atoms with E-state index < -0.39 is 0 Å². The zero-order valence-corrected chi connectivity index (χ0v) is 14.3. The van der Waals surface area contributed by atoms with E-state index in [0.29, 0.717) is 37.2 Å². The van der Waals surface area contributed by atoms with Gasteiger partial charge in [0, 0.05) is 31.1 Å². The molecule has 1 amide bonds. The highest BCUT2D eigenvalue weighted by atomic mass is 35.5. The quantitative estimate of drug-likeness (QED) is 0.767. The number of carbonyl (C=O) groups is 1. The Kier molecular flexibility index (Phi) is 5.98. The molecule has 25 heavy (non-hydrogen) atoms. The van der Waals surface area contributed by atoms with Crippen molar-refractivity contribution in [1.82, 2.24) is 14.9 Å². The minimum absolute atomic E-state index is 0.0661. The van der Waals surface area contributed by atoms with Crippen molar-refractivity contribution in [2.24, 2.45) is 0 Å². The summed E-state index contributed by atoms with van der Waals surface area (Å²) in [6, 6.07) is 8.97. The maximum absolute atomic E-state index is 12.3. The molecule has 2 aromatic heterocycles. The Morgan fingerprint density at radius 3 is 3.04 bits per heavy atom. The highest BCUT2D eigenvalue weighted by molar-refractivity contribution is 6.30. The lowest BCUT2D eigenvalue weighted by molar-refractivity contribution is -0.134. The summed E-state index contributed by atoms with van der Waals surface area (Å²) < 4.78 is 11.3. The molecule has 1 fully saturated rings. The van der Waals surface area contributed by atoms with Crippen molar-refractivity contribution in [3.63, 3.8) is 0 Å². The second-order valence-corrected chi connectivity index (χ2v) is 5.93. The van der Waals surface area contributed by atoms with Crippen LogP contribution in [0.3, 0.4) is 0 Å². The fraction of sp³-hybridized carbons (Fsp3) is 0.278. The normalized spacial score (nSPS) is 17.6. The van der Waals surface area contributed by atoms with Gasteiger partial charge in [0.2, 0.25) is 11.8 Å². The molecule has 3 heterocycles. The maximum atomic E-state index is 12.3. The number of amides is 1. The highest BCUT2D eigenvalue weighted by Gasteiger charge is 2.23. The predicted octanol–water partition coefficient (Wildman–Crippen LogP) is 2.45. The standard InChI is InChI=1S/C18H18ClN3O3/c19-14-4-6-17(21-11-14)25-13-16-12-22(9-10-24-16)18(23)7-5-15-3-1-2-8-20-15/h1-8,11,16H,9-10,12-13H2/b7-5+. The minimum atomic E-state index is -0.196. The molecule has 0 aromatic carbocycles. The zero-order valence-electron chi connectivity index (χ0n) is 13.5. The van der Waals surface area contributed by atoms with Crippen molar-refractivity contribution >= 4 is 23.6 Å². The van der Waals surface area contributed by atoms with Gasteiger partial charge in [-0.2, -0.15) is 0 Å². The first kappa shape index (κ1) is 17.4. The Hall–Kier alpha value is -2.44. The molecule has 0 saturated carbocycles. The van der Waals surface area contributed by atoms with Gasteiger partial charge in [0.05, 0.1) is 23.9 Å². The fourth-order valence-corrected chi connectivity index (χ4v) is 2.49. The summed E-state index contributed by atoms with van der Waals surface area (Å²) in [5.41, 5.74) is 0.748. The summed E-state index contributed by atoms with van der Waals surface area (Å²) in [6.45, 7) is 1.83. The van der Waals surface area contributed by atoms with Gasteiger partial charge >= 0.3 is 0 Å². The number of halogens is 1. The van der Waals surface area contributed by atoms with E-state index in [4.69, 9.17) is 21.1 Å². The van der Waals surface area contributed by atoms with Crippen LogP contribution in [0.2, 0.25) is 5.02 Å². The monoisotopic (exact) mass is 359 g/mol. The maximum Gasteiger partial charge on any atom is 0.246 e. The number of morpholine rings is 1. The van der Waals surface area contributed by atoms with Crippen molar-refractivity contribution in [2.45, 2.75) is 6.10 Å². The SMILES string of the molecule is O=C(/C=C/c1ccccn1)N1CCOC(COc2ccc(Cl)cn2)C1. The second-order valence-electron chi connectivity index (χ2n) is 5.49. The summed E-state index contributed by atoms with van der Waals surface area (Å²) in [7, 11) is 0. The Bertz CT molecular complexity index is 722. The molecular formula is C18H18ClN3O3. The first-order valence-corrected chi connectivity index (χ1v) is 8.32. The average molecular weight is 360 g/mol. The van der Waals surface area contributed by atoms with E-state index in [0.717, 1.165) is 5.69 Å². The smallest absolute Gasteiger partial charge is 0.246 e. The average Bonchev–Trinajstić information content (AvgIpc) is 2.67. The lowest BCUT2D eigenvalue weighted by Crippen LogP contribution is -2.47. The summed E-state index contributed by atoms with van der Waals surface area (Å²) in [5, 5.41) is 0.553. The molecule has 130 valence electrons. The Morgan fingerprint density at radius 2 is 2.28 bits per heavy atom. The van der Waals surface area contributed by atoms with Gasteiger partial charge in [0.25, 0.3) is 0 Å². The largest absolute Gasteiger partial charge is 0.475 e. The number of aromatic nitrogens is 2. The van der Waals surface area contributed by atoms with E-state index in [1.807, 2.05) is 18.2 Å². The molecule has 2 aromatic rings. The molecule has 0 radical (unpaired) electrons. The van der Waals surface area contributed by atoms with Crippen LogP contribution in [0.4, 0.5) is 0 Å². The minimum Gasteiger partial charge on any atom is -0.475 e. The third kappa shape index (κ3) is 5.27. The molecule has 1 aliphatic heterocycles. The molecule has 0 aliphatic carbocycles. The number of nitrogens with zero attached hydrogens (tertiary/aromatic N) is 3. The van der Waals surface area contributed by atoms with Crippen LogP contribution in [0.25, 0.3) is 6.08 Å². The van der Waals surface area contributed by atoms with Gasteiger partial charge in [-0.1, -0.05) is 17.7 Å². The van der Waals surface area contributed by atoms with Gasteiger partial charge in [-0.25, -0.2) is 4.98 Å². The van der Waals surface area contributed by atoms with Crippen molar-refractivity contribution in [3.8, 4) is 5.88 Å². The third-order valence-corrected chi connectivity index (χ3v) is 3.88. The topological polar surface area (TPSA) is 64.6 Å². The molecule has 3 rings (SSSR count). The van der Waals surface area contributed by atoms with Crippen LogP contribution >= 0.6 is 11.6 Å². The molecule has 1 saturated heterocycles. The number of rotatable bonds is 5. The fourth-order valence-electron chi connectivity index (χ4n) is 2.38. The molecule has 0 bridgehead atoms. The number of carbonyl (C=O) groups excluding carboxylic acids is 1. The van der Waals surface area contributed by atoms with Crippen LogP contribution in [0.15, 0.2) is 48.8 Å². The Labute approximate surface area is 151 Å². The number of hydrogen-bond acceptors (Lipinski definition) is 5. The first-order valence-electron chi connectivity index (χ1n) is 7.95. The van der Waals surface area contributed by atoms with Gasteiger partial charge in [0.1, 0.15) is 12.7 Å². The van der Waals surface area contributed by atoms with E-state index in [1.54, 1.807) is 29.3 Å². The molecular weight excluding hydrogens is 342 g/mol. The van der Waals surface area contributed by atoms with E-state index in [2.05, 4.69) is 9.97 Å². The highest BCUT2D eigenvalue weighted by Crippen LogP contribution is 2.13. The number of hydrogen-bond donors (Lipinski definition) is 0. The van der Waals surface area contributed by atoms with Crippen LogP contribution in [0.5, 0.6) is 5.88 Å². The molecule has 7 heteroatoms. The first-order chi connectivity index (χ1) is 12.2. The van der Waals surface area contributed by atoms with Crippen LogP contribution < -0.4 is 4.74 Å². The zero-order chi connectivity index (χ0) is 17.5. The van der Waals surface area contributed by atoms with E-state index >= 15 is 0 Å². The van der Waals surface area contributed by atoms with Crippen molar-refractivity contribution in [2.75, 3.05) is 26.3 Å². The molecule has 1 atom stereocenters. The molecule has 1 unspecified atom stereocenters.